The Morgan fingerprint density at radius 1 is 1.26 bits per heavy atom. The number of rotatable bonds is 3. The zero-order chi connectivity index (χ0) is 13.8. The van der Waals surface area contributed by atoms with Crippen LogP contribution in [-0.4, -0.2) is 16.9 Å². The molecule has 0 aliphatic heterocycles. The molecule has 0 amide bonds. The highest BCUT2D eigenvalue weighted by molar-refractivity contribution is 9.13. The number of benzene rings is 1. The lowest BCUT2D eigenvalue weighted by Crippen LogP contribution is -2.16. The van der Waals surface area contributed by atoms with Crippen LogP contribution in [0.3, 0.4) is 0 Å². The first-order chi connectivity index (χ1) is 9.13. The van der Waals surface area contributed by atoms with Gasteiger partial charge in [-0.05, 0) is 43.5 Å². The molecule has 0 saturated carbocycles. The Labute approximate surface area is 126 Å². The fraction of sp³-hybridized carbons (Fsp3) is 0.0769. The van der Waals surface area contributed by atoms with Crippen molar-refractivity contribution >= 4 is 44.2 Å². The maximum Gasteiger partial charge on any atom is 0.419 e. The average Bonchev–Trinajstić information content (AvgIpc) is 2.73. The molecule has 0 spiro atoms. The first-order valence-electron chi connectivity index (χ1n) is 5.36. The Kier molecular flexibility index (Phi) is 4.55. The maximum atomic E-state index is 12.0. The molecule has 6 heteroatoms. The van der Waals surface area contributed by atoms with Gasteiger partial charge in [-0.3, -0.25) is 4.79 Å². The second-order valence-corrected chi connectivity index (χ2v) is 5.31. The van der Waals surface area contributed by atoms with Gasteiger partial charge in [-0.15, -0.1) is 0 Å². The second kappa shape index (κ2) is 6.16. The monoisotopic (exact) mass is 385 g/mol. The summed E-state index contributed by atoms with van der Waals surface area (Å²) in [5.74, 6) is 0. The largest absolute Gasteiger partial charge is 0.444 e. The molecule has 0 fully saturated rings. The first-order valence-corrected chi connectivity index (χ1v) is 6.95. The third kappa shape index (κ3) is 3.13. The molecule has 1 heterocycles. The second-order valence-electron chi connectivity index (χ2n) is 3.70. The van der Waals surface area contributed by atoms with Gasteiger partial charge >= 0.3 is 6.09 Å². The molecule has 98 valence electrons. The minimum Gasteiger partial charge on any atom is -0.444 e. The van der Waals surface area contributed by atoms with Crippen molar-refractivity contribution in [2.75, 3.05) is 0 Å². The summed E-state index contributed by atoms with van der Waals surface area (Å²) in [6, 6.07) is 10.9. The van der Waals surface area contributed by atoms with Crippen LogP contribution < -0.4 is 0 Å². The highest BCUT2D eigenvalue weighted by Gasteiger charge is 2.18. The number of hydrogen-bond donors (Lipinski definition) is 0. The van der Waals surface area contributed by atoms with Crippen molar-refractivity contribution in [3.63, 3.8) is 0 Å². The zero-order valence-electron chi connectivity index (χ0n) is 9.68. The fourth-order valence-corrected chi connectivity index (χ4v) is 2.41. The normalized spacial score (nSPS) is 10.2. The van der Waals surface area contributed by atoms with Gasteiger partial charge in [-0.1, -0.05) is 30.3 Å². The van der Waals surface area contributed by atoms with E-state index in [0.29, 0.717) is 15.4 Å². The molecule has 2 aromatic rings. The summed E-state index contributed by atoms with van der Waals surface area (Å²) < 4.78 is 7.40. The predicted octanol–water partition coefficient (Wildman–Crippen LogP) is 4.01. The van der Waals surface area contributed by atoms with Gasteiger partial charge in [-0.2, -0.15) is 0 Å². The minimum atomic E-state index is -0.608. The molecule has 2 rings (SSSR count). The molecule has 0 atom stereocenters. The van der Waals surface area contributed by atoms with Gasteiger partial charge in [0.25, 0.3) is 0 Å². The van der Waals surface area contributed by atoms with E-state index in [-0.39, 0.29) is 12.3 Å². The molecule has 0 saturated heterocycles. The molecule has 0 aliphatic rings. The van der Waals surface area contributed by atoms with Gasteiger partial charge in [0.05, 0.1) is 10.2 Å². The van der Waals surface area contributed by atoms with Gasteiger partial charge < -0.3 is 4.74 Å². The Hall–Kier alpha value is -1.40. The van der Waals surface area contributed by atoms with E-state index in [0.717, 1.165) is 5.56 Å². The van der Waals surface area contributed by atoms with E-state index >= 15 is 0 Å². The van der Waals surface area contributed by atoms with Crippen LogP contribution in [0.2, 0.25) is 0 Å². The summed E-state index contributed by atoms with van der Waals surface area (Å²) in [4.78, 5) is 22.9. The molecule has 19 heavy (non-hydrogen) atoms. The number of carbonyl (C=O) groups excluding carboxylic acids is 2. The zero-order valence-corrected chi connectivity index (χ0v) is 12.8. The van der Waals surface area contributed by atoms with Crippen molar-refractivity contribution < 1.29 is 14.3 Å². The summed E-state index contributed by atoms with van der Waals surface area (Å²) in [7, 11) is 0. The van der Waals surface area contributed by atoms with Crippen LogP contribution in [0.25, 0.3) is 0 Å². The third-order valence-corrected chi connectivity index (χ3v) is 4.35. The third-order valence-electron chi connectivity index (χ3n) is 2.43. The lowest BCUT2D eigenvalue weighted by molar-refractivity contribution is 0.110. The van der Waals surface area contributed by atoms with Crippen molar-refractivity contribution in [3.8, 4) is 0 Å². The van der Waals surface area contributed by atoms with Gasteiger partial charge in [0.1, 0.15) is 11.2 Å². The summed E-state index contributed by atoms with van der Waals surface area (Å²) in [6.45, 7) is 0.153. The van der Waals surface area contributed by atoms with E-state index in [1.54, 1.807) is 6.07 Å². The summed E-state index contributed by atoms with van der Waals surface area (Å²) in [5, 5.41) is 0. The van der Waals surface area contributed by atoms with Crippen LogP contribution in [-0.2, 0) is 11.3 Å². The number of halogens is 2. The highest BCUT2D eigenvalue weighted by Crippen LogP contribution is 2.27. The van der Waals surface area contributed by atoms with Crippen LogP contribution >= 0.6 is 31.9 Å². The SMILES string of the molecule is O=Cc1cc(Br)c(Br)n1C(=O)OCc1ccccc1. The van der Waals surface area contributed by atoms with E-state index < -0.39 is 6.09 Å². The number of nitrogens with zero attached hydrogens (tertiary/aromatic N) is 1. The number of carbonyl (C=O) groups is 2. The summed E-state index contributed by atoms with van der Waals surface area (Å²) in [5.41, 5.74) is 1.10. The number of aromatic nitrogens is 1. The quantitative estimate of drug-likeness (QED) is 0.748. The van der Waals surface area contributed by atoms with Crippen LogP contribution in [0.15, 0.2) is 45.5 Å². The molecule has 0 bridgehead atoms. The van der Waals surface area contributed by atoms with E-state index in [1.165, 1.54) is 4.57 Å². The Morgan fingerprint density at radius 3 is 2.58 bits per heavy atom. The van der Waals surface area contributed by atoms with E-state index in [2.05, 4.69) is 31.9 Å². The number of aldehydes is 1. The standard InChI is InChI=1S/C13H9Br2NO3/c14-11-6-10(7-17)16(12(11)15)13(18)19-8-9-4-2-1-3-5-9/h1-7H,8H2. The van der Waals surface area contributed by atoms with Gasteiger partial charge in [-0.25, -0.2) is 9.36 Å². The van der Waals surface area contributed by atoms with Gasteiger partial charge in [0.2, 0.25) is 0 Å². The highest BCUT2D eigenvalue weighted by atomic mass is 79.9. The lowest BCUT2D eigenvalue weighted by atomic mass is 10.2. The molecular weight excluding hydrogens is 378 g/mol. The molecule has 0 aliphatic carbocycles. The molecule has 0 unspecified atom stereocenters. The molecule has 1 aromatic heterocycles. The summed E-state index contributed by atoms with van der Waals surface area (Å²) >= 11 is 6.46. The van der Waals surface area contributed by atoms with E-state index in [9.17, 15) is 9.59 Å². The van der Waals surface area contributed by atoms with Crippen LogP contribution in [0.4, 0.5) is 4.79 Å². The Balaban J connectivity index is 2.14. The van der Waals surface area contributed by atoms with Gasteiger partial charge in [0.15, 0.2) is 6.29 Å². The van der Waals surface area contributed by atoms with Crippen molar-refractivity contribution in [1.29, 1.82) is 0 Å². The van der Waals surface area contributed by atoms with Gasteiger partial charge in [0, 0.05) is 0 Å². The van der Waals surface area contributed by atoms with Crippen LogP contribution in [0.1, 0.15) is 16.1 Å². The van der Waals surface area contributed by atoms with Crippen LogP contribution in [0.5, 0.6) is 0 Å². The molecule has 0 N–H and O–H groups in total. The minimum absolute atomic E-state index is 0.153. The Bertz CT molecular complexity index is 608. The average molecular weight is 387 g/mol. The number of hydrogen-bond acceptors (Lipinski definition) is 3. The summed E-state index contributed by atoms with van der Waals surface area (Å²) in [6.07, 6.45) is -0.0113. The van der Waals surface area contributed by atoms with Crippen molar-refractivity contribution in [2.24, 2.45) is 0 Å². The molecular formula is C13H9Br2NO3. The lowest BCUT2D eigenvalue weighted by Gasteiger charge is -2.07. The van der Waals surface area contributed by atoms with E-state index in [1.807, 2.05) is 30.3 Å². The molecule has 4 nitrogen and oxygen atoms in total. The molecule has 0 radical (unpaired) electrons. The first kappa shape index (κ1) is 14.0. The van der Waals surface area contributed by atoms with Crippen molar-refractivity contribution in [2.45, 2.75) is 6.61 Å². The fourth-order valence-electron chi connectivity index (χ4n) is 1.53. The molecule has 1 aromatic carbocycles. The van der Waals surface area contributed by atoms with Crippen molar-refractivity contribution in [1.82, 2.24) is 4.57 Å². The van der Waals surface area contributed by atoms with E-state index in [4.69, 9.17) is 4.74 Å². The smallest absolute Gasteiger partial charge is 0.419 e. The van der Waals surface area contributed by atoms with Crippen molar-refractivity contribution in [3.05, 3.63) is 56.7 Å². The number of ether oxygens (including phenoxy) is 1. The predicted molar refractivity (Wildman–Crippen MR) is 77.2 cm³/mol. The Morgan fingerprint density at radius 2 is 1.95 bits per heavy atom. The van der Waals surface area contributed by atoms with Crippen LogP contribution in [0, 0.1) is 0 Å². The topological polar surface area (TPSA) is 48.3 Å². The maximum absolute atomic E-state index is 12.0.